The number of benzene rings is 3. The second-order valence-electron chi connectivity index (χ2n) is 6.86. The highest BCUT2D eigenvalue weighted by atomic mass is 31.2. The highest BCUT2D eigenvalue weighted by Crippen LogP contribution is 2.48. The Morgan fingerprint density at radius 3 is 2.41 bits per heavy atom. The van der Waals surface area contributed by atoms with Crippen molar-refractivity contribution < 1.29 is 23.3 Å². The molecule has 3 aromatic carbocycles. The second kappa shape index (κ2) is 8.47. The smallest absolute Gasteiger partial charge is 0.308 e. The zero-order chi connectivity index (χ0) is 22.9. The molecular weight excluding hydrogens is 433 g/mol. The van der Waals surface area contributed by atoms with Gasteiger partial charge in [0.2, 0.25) is 5.78 Å². The number of nitro benzene ring substituents is 1. The molecule has 1 N–H and O–H groups in total. The summed E-state index contributed by atoms with van der Waals surface area (Å²) in [5.41, 5.74) is 0.457. The van der Waals surface area contributed by atoms with Gasteiger partial charge in [0.15, 0.2) is 5.44 Å². The Balaban J connectivity index is 1.93. The van der Waals surface area contributed by atoms with Gasteiger partial charge >= 0.3 is 7.60 Å². The first kappa shape index (κ1) is 21.6. The van der Waals surface area contributed by atoms with Crippen molar-refractivity contribution in [1.29, 1.82) is 0 Å². The standard InChI is InChI=1S/C22H18N3O6P/c1-30-32(29,31-2)22-19(16-8-5-9-18(13-16)25(27)28)20(23-24-22)21(26)17-11-10-14-6-3-4-7-15(14)12-17/h3-13H,1-2H3,(H,23,24). The van der Waals surface area contributed by atoms with Gasteiger partial charge in [-0.25, -0.2) is 0 Å². The number of non-ortho nitro benzene ring substituents is 1. The third kappa shape index (κ3) is 3.73. The minimum absolute atomic E-state index is 0.0508. The van der Waals surface area contributed by atoms with E-state index in [-0.39, 0.29) is 27.9 Å². The number of rotatable bonds is 7. The van der Waals surface area contributed by atoms with Crippen LogP contribution in [0.25, 0.3) is 21.9 Å². The molecule has 0 radical (unpaired) electrons. The predicted molar refractivity (Wildman–Crippen MR) is 119 cm³/mol. The summed E-state index contributed by atoms with van der Waals surface area (Å²) < 4.78 is 23.3. The first-order valence-electron chi connectivity index (χ1n) is 9.46. The number of H-pyrrole nitrogens is 1. The lowest BCUT2D eigenvalue weighted by Gasteiger charge is -2.14. The van der Waals surface area contributed by atoms with Crippen LogP contribution in [0.4, 0.5) is 5.69 Å². The predicted octanol–water partition coefficient (Wildman–Crippen LogP) is 4.48. The zero-order valence-corrected chi connectivity index (χ0v) is 18.0. The molecule has 10 heteroatoms. The van der Waals surface area contributed by atoms with E-state index in [0.29, 0.717) is 5.56 Å². The fourth-order valence-electron chi connectivity index (χ4n) is 3.47. The fraction of sp³-hybridized carbons (Fsp3) is 0.0909. The van der Waals surface area contributed by atoms with Gasteiger partial charge in [-0.05, 0) is 22.4 Å². The van der Waals surface area contributed by atoms with E-state index in [1.54, 1.807) is 18.2 Å². The highest BCUT2D eigenvalue weighted by molar-refractivity contribution is 7.62. The third-order valence-electron chi connectivity index (χ3n) is 5.07. The Bertz CT molecular complexity index is 1390. The number of carbonyl (C=O) groups is 1. The van der Waals surface area contributed by atoms with E-state index in [2.05, 4.69) is 10.2 Å². The van der Waals surface area contributed by atoms with Crippen LogP contribution in [-0.4, -0.2) is 35.1 Å². The first-order valence-corrected chi connectivity index (χ1v) is 11.0. The Morgan fingerprint density at radius 1 is 1.00 bits per heavy atom. The number of aromatic nitrogens is 2. The van der Waals surface area contributed by atoms with Crippen LogP contribution in [0.5, 0.6) is 0 Å². The molecule has 0 fully saturated rings. The number of ketones is 1. The van der Waals surface area contributed by atoms with Crippen molar-refractivity contribution in [3.63, 3.8) is 0 Å². The Labute approximate surface area is 182 Å². The average molecular weight is 451 g/mol. The molecule has 162 valence electrons. The number of nitro groups is 1. The fourth-order valence-corrected chi connectivity index (χ4v) is 4.66. The molecule has 0 saturated carbocycles. The summed E-state index contributed by atoms with van der Waals surface area (Å²) >= 11 is 0. The largest absolute Gasteiger partial charge is 0.379 e. The molecule has 9 nitrogen and oxygen atoms in total. The molecule has 0 spiro atoms. The van der Waals surface area contributed by atoms with Gasteiger partial charge in [-0.1, -0.05) is 48.5 Å². The van der Waals surface area contributed by atoms with Crippen LogP contribution in [0, 0.1) is 10.1 Å². The van der Waals surface area contributed by atoms with Crippen molar-refractivity contribution >= 4 is 35.3 Å². The summed E-state index contributed by atoms with van der Waals surface area (Å²) in [6.45, 7) is 0. The first-order chi connectivity index (χ1) is 15.4. The van der Waals surface area contributed by atoms with E-state index in [9.17, 15) is 19.5 Å². The normalized spacial score (nSPS) is 11.6. The molecule has 1 aromatic heterocycles. The van der Waals surface area contributed by atoms with Crippen LogP contribution < -0.4 is 5.44 Å². The van der Waals surface area contributed by atoms with E-state index < -0.39 is 18.3 Å². The van der Waals surface area contributed by atoms with Crippen molar-refractivity contribution in [3.8, 4) is 11.1 Å². The molecule has 0 aliphatic heterocycles. The maximum atomic E-state index is 13.4. The zero-order valence-electron chi connectivity index (χ0n) is 17.1. The SMILES string of the molecule is COP(=O)(OC)c1[nH]nc(C(=O)c2ccc3ccccc3c2)c1-c1cccc([N+](=O)[O-])c1. The van der Waals surface area contributed by atoms with E-state index in [1.807, 2.05) is 30.3 Å². The molecule has 0 aliphatic rings. The van der Waals surface area contributed by atoms with Crippen LogP contribution >= 0.6 is 7.60 Å². The monoisotopic (exact) mass is 451 g/mol. The van der Waals surface area contributed by atoms with Gasteiger partial charge in [-0.15, -0.1) is 0 Å². The number of nitrogens with one attached hydrogen (secondary N) is 1. The third-order valence-corrected chi connectivity index (χ3v) is 6.91. The van der Waals surface area contributed by atoms with Gasteiger partial charge in [0.25, 0.3) is 5.69 Å². The van der Waals surface area contributed by atoms with Crippen LogP contribution in [-0.2, 0) is 13.6 Å². The minimum Gasteiger partial charge on any atom is -0.308 e. The van der Waals surface area contributed by atoms with Crippen molar-refractivity contribution in [2.24, 2.45) is 0 Å². The molecule has 0 bridgehead atoms. The molecule has 4 rings (SSSR count). The number of hydrogen-bond donors (Lipinski definition) is 1. The summed E-state index contributed by atoms with van der Waals surface area (Å²) in [5.74, 6) is -0.446. The van der Waals surface area contributed by atoms with Crippen molar-refractivity contribution in [3.05, 3.63) is 88.1 Å². The van der Waals surface area contributed by atoms with E-state index in [4.69, 9.17) is 9.05 Å². The van der Waals surface area contributed by atoms with E-state index in [0.717, 1.165) is 10.8 Å². The number of carbonyl (C=O) groups excluding carboxylic acids is 1. The van der Waals surface area contributed by atoms with Gasteiger partial charge in [0, 0.05) is 37.5 Å². The lowest BCUT2D eigenvalue weighted by Crippen LogP contribution is -2.13. The summed E-state index contributed by atoms with van der Waals surface area (Å²) in [5, 5.41) is 19.8. The van der Waals surface area contributed by atoms with E-state index in [1.165, 1.54) is 32.4 Å². The quantitative estimate of drug-likeness (QED) is 0.190. The van der Waals surface area contributed by atoms with Gasteiger partial charge in [-0.3, -0.25) is 24.6 Å². The van der Waals surface area contributed by atoms with Crippen molar-refractivity contribution in [2.45, 2.75) is 0 Å². The molecule has 0 atom stereocenters. The van der Waals surface area contributed by atoms with Crippen LogP contribution in [0.15, 0.2) is 66.7 Å². The molecule has 0 amide bonds. The molecule has 0 aliphatic carbocycles. The average Bonchev–Trinajstić information content (AvgIpc) is 3.28. The maximum Gasteiger partial charge on any atom is 0.379 e. The Hall–Kier alpha value is -3.65. The molecule has 4 aromatic rings. The lowest BCUT2D eigenvalue weighted by atomic mass is 9.98. The second-order valence-corrected chi connectivity index (χ2v) is 9.03. The summed E-state index contributed by atoms with van der Waals surface area (Å²) in [4.78, 5) is 24.2. The number of aromatic amines is 1. The lowest BCUT2D eigenvalue weighted by molar-refractivity contribution is -0.384. The topological polar surface area (TPSA) is 124 Å². The summed E-state index contributed by atoms with van der Waals surface area (Å²) in [7, 11) is -1.46. The minimum atomic E-state index is -3.87. The van der Waals surface area contributed by atoms with Crippen LogP contribution in [0.3, 0.4) is 0 Å². The number of hydrogen-bond acceptors (Lipinski definition) is 7. The summed E-state index contributed by atoms with van der Waals surface area (Å²) in [6, 6.07) is 18.4. The molecule has 0 saturated heterocycles. The van der Waals surface area contributed by atoms with Gasteiger partial charge in [-0.2, -0.15) is 5.10 Å². The van der Waals surface area contributed by atoms with Crippen molar-refractivity contribution in [1.82, 2.24) is 10.2 Å². The highest BCUT2D eigenvalue weighted by Gasteiger charge is 2.35. The number of fused-ring (bicyclic) bond motifs is 1. The maximum absolute atomic E-state index is 13.4. The van der Waals surface area contributed by atoms with Crippen LogP contribution in [0.2, 0.25) is 0 Å². The van der Waals surface area contributed by atoms with Gasteiger partial charge in [0.1, 0.15) is 5.69 Å². The molecular formula is C22H18N3O6P. The summed E-state index contributed by atoms with van der Waals surface area (Å²) in [6.07, 6.45) is 0. The van der Waals surface area contributed by atoms with E-state index >= 15 is 0 Å². The molecule has 32 heavy (non-hydrogen) atoms. The van der Waals surface area contributed by atoms with Gasteiger partial charge in [0.05, 0.1) is 4.92 Å². The molecule has 0 unspecified atom stereocenters. The van der Waals surface area contributed by atoms with Crippen LogP contribution in [0.1, 0.15) is 16.1 Å². The number of nitrogens with zero attached hydrogens (tertiary/aromatic N) is 2. The Kier molecular flexibility index (Phi) is 5.71. The Morgan fingerprint density at radius 2 is 1.72 bits per heavy atom. The van der Waals surface area contributed by atoms with Crippen molar-refractivity contribution in [2.75, 3.05) is 14.2 Å². The van der Waals surface area contributed by atoms with Gasteiger partial charge < -0.3 is 9.05 Å². The molecule has 1 heterocycles.